The number of carboxylic acids is 2. The topological polar surface area (TPSA) is 124 Å². The number of nitrogens with one attached hydrogen (secondary N) is 1. The van der Waals surface area contributed by atoms with E-state index < -0.39 is 36.3 Å². The number of amides is 1. The molecule has 7 nitrogen and oxygen atoms in total. The van der Waals surface area contributed by atoms with Crippen molar-refractivity contribution < 1.29 is 29.7 Å². The van der Waals surface area contributed by atoms with Gasteiger partial charge in [-0.25, -0.2) is 4.79 Å². The van der Waals surface area contributed by atoms with Gasteiger partial charge in [0.25, 0.3) is 0 Å². The van der Waals surface area contributed by atoms with Gasteiger partial charge in [-0.05, 0) is 6.42 Å². The van der Waals surface area contributed by atoms with Gasteiger partial charge in [0.1, 0.15) is 0 Å². The molecule has 1 atom stereocenters. The molecule has 7 heteroatoms. The zero-order valence-corrected chi connectivity index (χ0v) is 9.60. The molecule has 0 saturated heterocycles. The van der Waals surface area contributed by atoms with Gasteiger partial charge >= 0.3 is 11.9 Å². The first-order valence-electron chi connectivity index (χ1n) is 5.26. The highest BCUT2D eigenvalue weighted by Gasteiger charge is 2.40. The lowest BCUT2D eigenvalue weighted by Crippen LogP contribution is -2.45. The van der Waals surface area contributed by atoms with Crippen LogP contribution in [-0.4, -0.2) is 45.3 Å². The zero-order valence-electron chi connectivity index (χ0n) is 9.60. The van der Waals surface area contributed by atoms with E-state index in [1.54, 1.807) is 0 Å². The Morgan fingerprint density at radius 2 is 1.76 bits per heavy atom. The van der Waals surface area contributed by atoms with Crippen molar-refractivity contribution in [1.82, 2.24) is 5.32 Å². The second-order valence-corrected chi connectivity index (χ2v) is 3.79. The Labute approximate surface area is 98.4 Å². The van der Waals surface area contributed by atoms with Gasteiger partial charge in [-0.2, -0.15) is 0 Å². The largest absolute Gasteiger partial charge is 0.481 e. The van der Waals surface area contributed by atoms with Gasteiger partial charge in [-0.15, -0.1) is 0 Å². The first-order valence-corrected chi connectivity index (χ1v) is 5.26. The number of carbonyl (C=O) groups is 3. The lowest BCUT2D eigenvalue weighted by atomic mass is 9.95. The number of hydrogen-bond acceptors (Lipinski definition) is 4. The predicted molar refractivity (Wildman–Crippen MR) is 57.4 cm³/mol. The lowest BCUT2D eigenvalue weighted by Gasteiger charge is -2.20. The number of unbranched alkanes of at least 4 members (excludes halogenated alkanes) is 1. The number of aliphatic hydroxyl groups is 1. The fourth-order valence-corrected chi connectivity index (χ4v) is 1.20. The Morgan fingerprint density at radius 1 is 1.18 bits per heavy atom. The van der Waals surface area contributed by atoms with Crippen LogP contribution in [0.15, 0.2) is 0 Å². The average Bonchev–Trinajstić information content (AvgIpc) is 2.16. The Bertz CT molecular complexity index is 303. The highest BCUT2D eigenvalue weighted by atomic mass is 16.4. The van der Waals surface area contributed by atoms with Crippen LogP contribution in [-0.2, 0) is 14.4 Å². The van der Waals surface area contributed by atoms with Crippen LogP contribution >= 0.6 is 0 Å². The quantitative estimate of drug-likeness (QED) is 0.432. The molecule has 0 aromatic rings. The van der Waals surface area contributed by atoms with Gasteiger partial charge in [-0.1, -0.05) is 13.3 Å². The van der Waals surface area contributed by atoms with Crippen molar-refractivity contribution >= 4 is 17.8 Å². The molecule has 0 aromatic carbocycles. The molecule has 17 heavy (non-hydrogen) atoms. The van der Waals surface area contributed by atoms with Crippen LogP contribution in [0, 0.1) is 0 Å². The summed E-state index contributed by atoms with van der Waals surface area (Å²) in [7, 11) is 0. The molecular weight excluding hydrogens is 230 g/mol. The molecule has 0 heterocycles. The number of aliphatic carboxylic acids is 2. The van der Waals surface area contributed by atoms with Crippen LogP contribution in [0.25, 0.3) is 0 Å². The second kappa shape index (κ2) is 6.85. The Kier molecular flexibility index (Phi) is 6.19. The monoisotopic (exact) mass is 247 g/mol. The van der Waals surface area contributed by atoms with Crippen LogP contribution < -0.4 is 5.32 Å². The molecule has 0 aliphatic carbocycles. The minimum atomic E-state index is -2.55. The summed E-state index contributed by atoms with van der Waals surface area (Å²) in [6.07, 6.45) is -0.184. The summed E-state index contributed by atoms with van der Waals surface area (Å²) in [5, 5.41) is 29.1. The van der Waals surface area contributed by atoms with E-state index in [9.17, 15) is 19.5 Å². The van der Waals surface area contributed by atoms with Gasteiger partial charge in [0.2, 0.25) is 5.91 Å². The van der Waals surface area contributed by atoms with Gasteiger partial charge in [0, 0.05) is 6.54 Å². The van der Waals surface area contributed by atoms with Crippen molar-refractivity contribution in [3.8, 4) is 0 Å². The van der Waals surface area contributed by atoms with Gasteiger partial charge in [-0.3, -0.25) is 9.59 Å². The molecule has 0 radical (unpaired) electrons. The van der Waals surface area contributed by atoms with Crippen molar-refractivity contribution in [3.05, 3.63) is 0 Å². The minimum absolute atomic E-state index is 0.373. The molecule has 0 spiro atoms. The maximum atomic E-state index is 11.3. The maximum Gasteiger partial charge on any atom is 0.336 e. The smallest absolute Gasteiger partial charge is 0.336 e. The third kappa shape index (κ3) is 5.86. The maximum absolute atomic E-state index is 11.3. The molecule has 0 rings (SSSR count). The van der Waals surface area contributed by atoms with Crippen molar-refractivity contribution in [2.75, 3.05) is 6.54 Å². The summed E-state index contributed by atoms with van der Waals surface area (Å²) in [5.41, 5.74) is -2.55. The Morgan fingerprint density at radius 3 is 2.18 bits per heavy atom. The summed E-state index contributed by atoms with van der Waals surface area (Å²) >= 11 is 0. The lowest BCUT2D eigenvalue weighted by molar-refractivity contribution is -0.167. The molecule has 0 fully saturated rings. The molecular formula is C10H17NO6. The summed E-state index contributed by atoms with van der Waals surface area (Å²) in [4.78, 5) is 32.4. The predicted octanol–water partition coefficient (Wildman–Crippen LogP) is -0.417. The average molecular weight is 247 g/mol. The first kappa shape index (κ1) is 15.4. The fraction of sp³-hybridized carbons (Fsp3) is 0.700. The van der Waals surface area contributed by atoms with Crippen molar-refractivity contribution in [2.45, 2.75) is 38.2 Å². The Hall–Kier alpha value is -1.63. The molecule has 1 amide bonds. The zero-order chi connectivity index (χ0) is 13.5. The van der Waals surface area contributed by atoms with E-state index in [1.807, 2.05) is 6.92 Å². The van der Waals surface area contributed by atoms with Crippen molar-refractivity contribution in [2.24, 2.45) is 0 Å². The fourth-order valence-electron chi connectivity index (χ4n) is 1.20. The number of hydrogen-bond donors (Lipinski definition) is 4. The van der Waals surface area contributed by atoms with E-state index in [0.29, 0.717) is 6.54 Å². The van der Waals surface area contributed by atoms with E-state index in [2.05, 4.69) is 5.32 Å². The molecule has 0 aliphatic heterocycles. The second-order valence-electron chi connectivity index (χ2n) is 3.79. The molecule has 4 N–H and O–H groups in total. The molecule has 0 aliphatic rings. The van der Waals surface area contributed by atoms with Crippen molar-refractivity contribution in [1.29, 1.82) is 0 Å². The van der Waals surface area contributed by atoms with Crippen LogP contribution in [0.4, 0.5) is 0 Å². The van der Waals surface area contributed by atoms with E-state index in [0.717, 1.165) is 12.8 Å². The number of rotatable bonds is 8. The summed E-state index contributed by atoms with van der Waals surface area (Å²) in [5.74, 6) is -3.87. The van der Waals surface area contributed by atoms with E-state index in [1.165, 1.54) is 0 Å². The third-order valence-corrected chi connectivity index (χ3v) is 2.15. The number of carboxylic acid groups (broad SMARTS) is 2. The summed E-state index contributed by atoms with van der Waals surface area (Å²) in [6.45, 7) is 2.29. The van der Waals surface area contributed by atoms with Crippen LogP contribution in [0.5, 0.6) is 0 Å². The third-order valence-electron chi connectivity index (χ3n) is 2.15. The van der Waals surface area contributed by atoms with E-state index in [-0.39, 0.29) is 0 Å². The van der Waals surface area contributed by atoms with Gasteiger partial charge < -0.3 is 20.6 Å². The van der Waals surface area contributed by atoms with E-state index in [4.69, 9.17) is 10.2 Å². The van der Waals surface area contributed by atoms with Gasteiger partial charge in [0.15, 0.2) is 5.60 Å². The molecule has 98 valence electrons. The Balaban J connectivity index is 4.39. The van der Waals surface area contributed by atoms with Crippen LogP contribution in [0.2, 0.25) is 0 Å². The summed E-state index contributed by atoms with van der Waals surface area (Å²) in [6, 6.07) is 0. The standard InChI is InChI=1S/C10H17NO6/c1-2-3-4-11-7(12)5-10(17,9(15)16)6-8(13)14/h17H,2-6H2,1H3,(H,11,12)(H,13,14)(H,15,16). The molecule has 1 unspecified atom stereocenters. The molecule has 0 aromatic heterocycles. The minimum Gasteiger partial charge on any atom is -0.481 e. The van der Waals surface area contributed by atoms with Crippen LogP contribution in [0.1, 0.15) is 32.6 Å². The first-order chi connectivity index (χ1) is 7.81. The molecule has 0 bridgehead atoms. The van der Waals surface area contributed by atoms with E-state index >= 15 is 0 Å². The highest BCUT2D eigenvalue weighted by molar-refractivity contribution is 5.90. The normalized spacial score (nSPS) is 13.8. The molecule has 0 saturated carbocycles. The van der Waals surface area contributed by atoms with Crippen molar-refractivity contribution in [3.63, 3.8) is 0 Å². The summed E-state index contributed by atoms with van der Waals surface area (Å²) < 4.78 is 0. The number of carbonyl (C=O) groups excluding carboxylic acids is 1. The van der Waals surface area contributed by atoms with Crippen LogP contribution in [0.3, 0.4) is 0 Å². The van der Waals surface area contributed by atoms with Gasteiger partial charge in [0.05, 0.1) is 12.8 Å². The SMILES string of the molecule is CCCCNC(=O)CC(O)(CC(=O)O)C(=O)O. The highest BCUT2D eigenvalue weighted by Crippen LogP contribution is 2.15.